The van der Waals surface area contributed by atoms with Crippen LogP contribution in [0, 0.1) is 0 Å². The highest BCUT2D eigenvalue weighted by Gasteiger charge is 2.51. The number of carbonyl (C=O) groups is 1. The van der Waals surface area contributed by atoms with E-state index in [0.717, 1.165) is 44.9 Å². The Bertz CT molecular complexity index is 1730. The fourth-order valence-electron chi connectivity index (χ4n) is 13.6. The van der Waals surface area contributed by atoms with Gasteiger partial charge in [0, 0.05) is 6.42 Å². The molecule has 0 saturated carbocycles. The normalized spacial score (nSPS) is 22.5. The van der Waals surface area contributed by atoms with Gasteiger partial charge in [0.25, 0.3) is 0 Å². The summed E-state index contributed by atoms with van der Waals surface area (Å²) >= 11 is 0. The Labute approximate surface area is 582 Å². The fourth-order valence-corrected chi connectivity index (χ4v) is 13.6. The summed E-state index contributed by atoms with van der Waals surface area (Å²) < 4.78 is 22.9. The lowest BCUT2D eigenvalue weighted by atomic mass is 9.97. The van der Waals surface area contributed by atoms with Crippen LogP contribution in [0.3, 0.4) is 0 Å². The van der Waals surface area contributed by atoms with E-state index in [1.807, 2.05) is 6.08 Å². The molecule has 12 unspecified atom stereocenters. The Balaban J connectivity index is 1.63. The van der Waals surface area contributed by atoms with Crippen LogP contribution < -0.4 is 5.32 Å². The number of hydrogen-bond donors (Lipinski definition) is 9. The van der Waals surface area contributed by atoms with Crippen molar-refractivity contribution in [3.8, 4) is 0 Å². The Kier molecular flexibility index (Phi) is 61.6. The number of unbranched alkanes of at least 4 members (excludes halogenated alkanes) is 52. The average Bonchev–Trinajstić information content (AvgIpc) is 0.801. The van der Waals surface area contributed by atoms with E-state index < -0.39 is 86.8 Å². The molecule has 0 aromatic heterocycles. The summed E-state index contributed by atoms with van der Waals surface area (Å²) in [6, 6.07) is -0.938. The second-order valence-electron chi connectivity index (χ2n) is 28.9. The van der Waals surface area contributed by atoms with Gasteiger partial charge in [-0.1, -0.05) is 365 Å². The smallest absolute Gasteiger partial charge is 0.220 e. The first-order chi connectivity index (χ1) is 46.6. The number of hydrogen-bond acceptors (Lipinski definition) is 13. The van der Waals surface area contributed by atoms with Gasteiger partial charge in [-0.25, -0.2) is 0 Å². The maximum Gasteiger partial charge on any atom is 0.220 e. The molecule has 14 nitrogen and oxygen atoms in total. The van der Waals surface area contributed by atoms with Gasteiger partial charge in [-0.2, -0.15) is 0 Å². The molecule has 0 spiro atoms. The third kappa shape index (κ3) is 48.6. The lowest BCUT2D eigenvalue weighted by molar-refractivity contribution is -0.359. The second-order valence-corrected chi connectivity index (χ2v) is 28.9. The van der Waals surface area contributed by atoms with Crippen molar-refractivity contribution in [1.82, 2.24) is 5.32 Å². The standard InChI is InChI=1S/C81H153NO13/c1-3-5-7-9-11-13-15-17-19-21-23-25-27-29-31-33-34-35-36-37-38-40-42-44-46-48-50-52-54-56-58-60-62-64-70(85)69(68-92-80-78(91)76(89)79(72(67-84)94-80)95-81-77(90)75(88)74(87)71(66-83)93-81)82-73(86)65-63-61-59-57-55-53-51-49-47-45-43-41-39-32-30-28-26-24-22-20-18-16-14-12-10-8-6-4-2/h46,48,54,56,62,64,69-72,74-81,83-85,87-91H,3-45,47,49-53,55,57-61,63,65-68H2,1-2H3,(H,82,86)/b48-46+,56-54+,64-62+. The number of rotatable bonds is 69. The molecule has 12 atom stereocenters. The van der Waals surface area contributed by atoms with Crippen LogP contribution in [-0.4, -0.2) is 140 Å². The molecule has 14 heteroatoms. The lowest BCUT2D eigenvalue weighted by Crippen LogP contribution is -2.65. The molecular weight excluding hydrogens is 1190 g/mol. The number of allylic oxidation sites excluding steroid dienone is 5. The third-order valence-corrected chi connectivity index (χ3v) is 20.1. The van der Waals surface area contributed by atoms with Crippen LogP contribution in [0.25, 0.3) is 0 Å². The Morgan fingerprint density at radius 1 is 0.368 bits per heavy atom. The Morgan fingerprint density at radius 3 is 1.03 bits per heavy atom. The minimum atomic E-state index is -1.79. The first-order valence-electron chi connectivity index (χ1n) is 40.7. The van der Waals surface area contributed by atoms with E-state index in [2.05, 4.69) is 43.5 Å². The number of aliphatic hydroxyl groups excluding tert-OH is 8. The second kappa shape index (κ2) is 65.5. The first-order valence-corrected chi connectivity index (χ1v) is 40.7. The van der Waals surface area contributed by atoms with Gasteiger partial charge in [-0.3, -0.25) is 4.79 Å². The quantitative estimate of drug-likeness (QED) is 0.0204. The monoisotopic (exact) mass is 1350 g/mol. The van der Waals surface area contributed by atoms with Crippen molar-refractivity contribution in [2.45, 2.75) is 453 Å². The molecule has 560 valence electrons. The highest BCUT2D eigenvalue weighted by atomic mass is 16.7. The van der Waals surface area contributed by atoms with Crippen molar-refractivity contribution in [2.75, 3.05) is 19.8 Å². The number of nitrogens with one attached hydrogen (secondary N) is 1. The summed E-state index contributed by atoms with van der Waals surface area (Å²) in [6.07, 6.45) is 69.6. The van der Waals surface area contributed by atoms with Gasteiger partial charge in [0.05, 0.1) is 32.0 Å². The zero-order valence-corrected chi connectivity index (χ0v) is 61.4. The van der Waals surface area contributed by atoms with Crippen LogP contribution in [0.15, 0.2) is 36.5 Å². The van der Waals surface area contributed by atoms with Crippen LogP contribution >= 0.6 is 0 Å². The molecule has 2 aliphatic heterocycles. The van der Waals surface area contributed by atoms with E-state index in [9.17, 15) is 45.6 Å². The van der Waals surface area contributed by atoms with Gasteiger partial charge < -0.3 is 65.1 Å². The van der Waals surface area contributed by atoms with Crippen molar-refractivity contribution >= 4 is 5.91 Å². The predicted molar refractivity (Wildman–Crippen MR) is 392 cm³/mol. The van der Waals surface area contributed by atoms with Gasteiger partial charge in [0.15, 0.2) is 12.6 Å². The van der Waals surface area contributed by atoms with E-state index in [-0.39, 0.29) is 18.9 Å². The molecule has 95 heavy (non-hydrogen) atoms. The zero-order valence-electron chi connectivity index (χ0n) is 61.4. The van der Waals surface area contributed by atoms with Gasteiger partial charge in [0.2, 0.25) is 5.91 Å². The molecule has 2 aliphatic rings. The molecule has 0 aromatic rings. The SMILES string of the molecule is CCCCCCCCCCCCCCCCCCCCCCCCC/C=C/CC/C=C/CC/C=C/C(O)C(COC1OC(CO)C(OC2OC(CO)C(O)C(O)C2O)C(O)C1O)NC(=O)CCCCCCCCCCCCCCCCCCCCCCCCCCCCCC. The fraction of sp³-hybridized carbons (Fsp3) is 0.914. The number of ether oxygens (including phenoxy) is 4. The van der Waals surface area contributed by atoms with Crippen molar-refractivity contribution in [3.63, 3.8) is 0 Å². The molecule has 2 saturated heterocycles. The van der Waals surface area contributed by atoms with E-state index in [1.165, 1.54) is 302 Å². The van der Waals surface area contributed by atoms with E-state index in [1.54, 1.807) is 6.08 Å². The Hall–Kier alpha value is -1.79. The highest BCUT2D eigenvalue weighted by molar-refractivity contribution is 5.76. The predicted octanol–water partition coefficient (Wildman–Crippen LogP) is 18.4. The minimum absolute atomic E-state index is 0.245. The molecule has 0 aliphatic carbocycles. The highest BCUT2D eigenvalue weighted by Crippen LogP contribution is 2.30. The topological polar surface area (TPSA) is 228 Å². The van der Waals surface area contributed by atoms with Crippen LogP contribution in [0.4, 0.5) is 0 Å². The summed E-state index contributed by atoms with van der Waals surface area (Å²) in [7, 11) is 0. The minimum Gasteiger partial charge on any atom is -0.394 e. The van der Waals surface area contributed by atoms with E-state index in [4.69, 9.17) is 18.9 Å². The lowest BCUT2D eigenvalue weighted by Gasteiger charge is -2.46. The first kappa shape index (κ1) is 89.3. The summed E-state index contributed by atoms with van der Waals surface area (Å²) in [5.41, 5.74) is 0. The Morgan fingerprint density at radius 2 is 0.674 bits per heavy atom. The number of amides is 1. The molecule has 2 fully saturated rings. The van der Waals surface area contributed by atoms with E-state index >= 15 is 0 Å². The number of aliphatic hydroxyl groups is 8. The van der Waals surface area contributed by atoms with Crippen LogP contribution in [0.2, 0.25) is 0 Å². The average molecular weight is 1350 g/mol. The van der Waals surface area contributed by atoms with Crippen molar-refractivity contribution in [3.05, 3.63) is 36.5 Å². The van der Waals surface area contributed by atoms with E-state index in [0.29, 0.717) is 12.8 Å². The molecule has 0 aromatic carbocycles. The van der Waals surface area contributed by atoms with Crippen LogP contribution in [0.5, 0.6) is 0 Å². The molecule has 0 radical (unpaired) electrons. The van der Waals surface area contributed by atoms with Crippen LogP contribution in [-0.2, 0) is 23.7 Å². The van der Waals surface area contributed by atoms with Crippen molar-refractivity contribution < 1.29 is 64.6 Å². The molecular formula is C81H153NO13. The van der Waals surface area contributed by atoms with Crippen LogP contribution in [0.1, 0.15) is 380 Å². The summed E-state index contributed by atoms with van der Waals surface area (Å²) in [5, 5.41) is 87.6. The molecule has 0 bridgehead atoms. The number of carbonyl (C=O) groups excluding carboxylic acids is 1. The maximum atomic E-state index is 13.4. The summed E-state index contributed by atoms with van der Waals surface area (Å²) in [4.78, 5) is 13.4. The molecule has 2 heterocycles. The molecule has 2 rings (SSSR count). The van der Waals surface area contributed by atoms with Gasteiger partial charge in [-0.05, 0) is 44.9 Å². The van der Waals surface area contributed by atoms with Gasteiger partial charge >= 0.3 is 0 Å². The molecule has 1 amide bonds. The van der Waals surface area contributed by atoms with Crippen molar-refractivity contribution in [2.24, 2.45) is 0 Å². The molecule has 9 N–H and O–H groups in total. The maximum absolute atomic E-state index is 13.4. The van der Waals surface area contributed by atoms with Crippen molar-refractivity contribution in [1.29, 1.82) is 0 Å². The largest absolute Gasteiger partial charge is 0.394 e. The zero-order chi connectivity index (χ0) is 68.7. The van der Waals surface area contributed by atoms with Gasteiger partial charge in [0.1, 0.15) is 48.8 Å². The summed E-state index contributed by atoms with van der Waals surface area (Å²) in [6.45, 7) is 2.85. The summed E-state index contributed by atoms with van der Waals surface area (Å²) in [5.74, 6) is -0.245. The third-order valence-electron chi connectivity index (χ3n) is 20.1. The van der Waals surface area contributed by atoms with Gasteiger partial charge in [-0.15, -0.1) is 0 Å².